The number of aromatic nitrogens is 4. The third-order valence-electron chi connectivity index (χ3n) is 3.36. The molecule has 102 valence electrons. The predicted octanol–water partition coefficient (Wildman–Crippen LogP) is 3.38. The van der Waals surface area contributed by atoms with Gasteiger partial charge >= 0.3 is 0 Å². The van der Waals surface area contributed by atoms with E-state index in [9.17, 15) is 0 Å². The van der Waals surface area contributed by atoms with Crippen molar-refractivity contribution in [2.45, 2.75) is 6.92 Å². The maximum atomic E-state index is 5.95. The average molecular weight is 276 g/mol. The van der Waals surface area contributed by atoms with Crippen molar-refractivity contribution in [3.8, 4) is 17.1 Å². The lowest BCUT2D eigenvalue weighted by atomic mass is 10.1. The van der Waals surface area contributed by atoms with Crippen LogP contribution in [0.3, 0.4) is 0 Å². The molecule has 1 aromatic carbocycles. The molecule has 0 aliphatic rings. The molecule has 21 heavy (non-hydrogen) atoms. The Bertz CT molecular complexity index is 876. The molecule has 0 fully saturated rings. The van der Waals surface area contributed by atoms with E-state index < -0.39 is 0 Å². The van der Waals surface area contributed by atoms with Gasteiger partial charge in [-0.05, 0) is 30.7 Å². The van der Waals surface area contributed by atoms with Crippen LogP contribution in [-0.4, -0.2) is 19.7 Å². The number of aryl methyl sites for hydroxylation is 1. The summed E-state index contributed by atoms with van der Waals surface area (Å²) in [7, 11) is 0. The zero-order valence-electron chi connectivity index (χ0n) is 11.4. The molecule has 0 saturated carbocycles. The number of pyridine rings is 1. The summed E-state index contributed by atoms with van der Waals surface area (Å²) in [5.74, 6) is 1.54. The molecular formula is C16H12N4O. The lowest BCUT2D eigenvalue weighted by molar-refractivity contribution is 0.630. The van der Waals surface area contributed by atoms with E-state index in [4.69, 9.17) is 4.42 Å². The molecule has 0 bridgehead atoms. The number of furan rings is 1. The summed E-state index contributed by atoms with van der Waals surface area (Å²) in [6, 6.07) is 12.0. The molecule has 0 saturated heterocycles. The Hall–Kier alpha value is -2.95. The van der Waals surface area contributed by atoms with Crippen LogP contribution < -0.4 is 0 Å². The van der Waals surface area contributed by atoms with Crippen molar-refractivity contribution in [2.24, 2.45) is 0 Å². The topological polar surface area (TPSA) is 56.7 Å². The summed E-state index contributed by atoms with van der Waals surface area (Å²) in [4.78, 5) is 4.49. The van der Waals surface area contributed by atoms with Crippen LogP contribution in [0.1, 0.15) is 5.56 Å². The third kappa shape index (κ3) is 1.99. The first-order valence-corrected chi connectivity index (χ1v) is 6.62. The molecule has 0 atom stereocenters. The van der Waals surface area contributed by atoms with Crippen LogP contribution in [-0.2, 0) is 0 Å². The van der Waals surface area contributed by atoms with E-state index in [1.807, 2.05) is 43.5 Å². The summed E-state index contributed by atoms with van der Waals surface area (Å²) in [5.41, 5.74) is 2.86. The minimum absolute atomic E-state index is 0.754. The molecule has 0 aliphatic heterocycles. The van der Waals surface area contributed by atoms with Crippen LogP contribution >= 0.6 is 0 Å². The minimum Gasteiger partial charge on any atom is -0.456 e. The summed E-state index contributed by atoms with van der Waals surface area (Å²) < 4.78 is 7.73. The number of fused-ring (bicyclic) bond motifs is 1. The lowest BCUT2D eigenvalue weighted by Gasteiger charge is -2.07. The first kappa shape index (κ1) is 11.8. The van der Waals surface area contributed by atoms with Gasteiger partial charge in [0.15, 0.2) is 0 Å². The maximum absolute atomic E-state index is 5.95. The lowest BCUT2D eigenvalue weighted by Crippen LogP contribution is -1.98. The molecular weight excluding hydrogens is 264 g/mol. The van der Waals surface area contributed by atoms with Gasteiger partial charge in [-0.2, -0.15) is 0 Å². The Morgan fingerprint density at radius 2 is 1.86 bits per heavy atom. The molecule has 5 heteroatoms. The normalized spacial score (nSPS) is 11.1. The summed E-state index contributed by atoms with van der Waals surface area (Å²) in [6.45, 7) is 2.01. The molecule has 0 N–H and O–H groups in total. The van der Waals surface area contributed by atoms with Crippen LogP contribution in [0.5, 0.6) is 0 Å². The number of rotatable bonds is 2. The van der Waals surface area contributed by atoms with Gasteiger partial charge in [0, 0.05) is 11.6 Å². The van der Waals surface area contributed by atoms with E-state index in [1.165, 1.54) is 0 Å². The van der Waals surface area contributed by atoms with Gasteiger partial charge in [0.25, 0.3) is 0 Å². The Morgan fingerprint density at radius 3 is 2.67 bits per heavy atom. The molecule has 0 aliphatic carbocycles. The second kappa shape index (κ2) is 4.56. The summed E-state index contributed by atoms with van der Waals surface area (Å²) in [6.07, 6.45) is 5.08. The Morgan fingerprint density at radius 1 is 1.05 bits per heavy atom. The maximum Gasteiger partial charge on any atom is 0.150 e. The third-order valence-corrected chi connectivity index (χ3v) is 3.36. The van der Waals surface area contributed by atoms with Gasteiger partial charge in [-0.3, -0.25) is 4.57 Å². The van der Waals surface area contributed by atoms with Crippen LogP contribution in [0.25, 0.3) is 28.1 Å². The van der Waals surface area contributed by atoms with Crippen LogP contribution in [0.4, 0.5) is 0 Å². The second-order valence-corrected chi connectivity index (χ2v) is 4.90. The van der Waals surface area contributed by atoms with Crippen molar-refractivity contribution in [1.29, 1.82) is 0 Å². The molecule has 4 aromatic rings. The SMILES string of the molecule is Cc1cnc(-n2cnnc2)c(-c2cc3ccccc3o2)c1. The molecule has 3 aromatic heterocycles. The van der Waals surface area contributed by atoms with E-state index in [2.05, 4.69) is 21.2 Å². The van der Waals surface area contributed by atoms with Crippen molar-refractivity contribution in [3.05, 3.63) is 60.8 Å². The van der Waals surface area contributed by atoms with Crippen LogP contribution in [0.2, 0.25) is 0 Å². The Kier molecular flexibility index (Phi) is 2.57. The van der Waals surface area contributed by atoms with Gasteiger partial charge in [-0.25, -0.2) is 4.98 Å². The van der Waals surface area contributed by atoms with Gasteiger partial charge < -0.3 is 4.42 Å². The van der Waals surface area contributed by atoms with E-state index in [1.54, 1.807) is 17.2 Å². The predicted molar refractivity (Wildman–Crippen MR) is 79.1 cm³/mol. The van der Waals surface area contributed by atoms with Crippen molar-refractivity contribution in [2.75, 3.05) is 0 Å². The van der Waals surface area contributed by atoms with Crippen molar-refractivity contribution < 1.29 is 4.42 Å². The number of nitrogens with zero attached hydrogens (tertiary/aromatic N) is 4. The highest BCUT2D eigenvalue weighted by molar-refractivity contribution is 5.84. The highest BCUT2D eigenvalue weighted by atomic mass is 16.3. The van der Waals surface area contributed by atoms with Gasteiger partial charge in [0.2, 0.25) is 0 Å². The number of hydrogen-bond donors (Lipinski definition) is 0. The number of benzene rings is 1. The standard InChI is InChI=1S/C16H12N4O/c1-11-6-13(16(17-8-11)20-9-18-19-10-20)15-7-12-4-2-3-5-14(12)21-15/h2-10H,1H3. The fraction of sp³-hybridized carbons (Fsp3) is 0.0625. The van der Waals surface area contributed by atoms with E-state index >= 15 is 0 Å². The second-order valence-electron chi connectivity index (χ2n) is 4.90. The molecule has 4 rings (SSSR count). The first-order valence-electron chi connectivity index (χ1n) is 6.62. The van der Waals surface area contributed by atoms with E-state index in [-0.39, 0.29) is 0 Å². The van der Waals surface area contributed by atoms with Crippen molar-refractivity contribution in [1.82, 2.24) is 19.7 Å². The average Bonchev–Trinajstić information content (AvgIpc) is 3.16. The fourth-order valence-corrected chi connectivity index (χ4v) is 2.37. The largest absolute Gasteiger partial charge is 0.456 e. The summed E-state index contributed by atoms with van der Waals surface area (Å²) >= 11 is 0. The Balaban J connectivity index is 1.96. The highest BCUT2D eigenvalue weighted by Gasteiger charge is 2.13. The minimum atomic E-state index is 0.754. The molecule has 3 heterocycles. The van der Waals surface area contributed by atoms with E-state index in [0.29, 0.717) is 0 Å². The molecule has 0 radical (unpaired) electrons. The van der Waals surface area contributed by atoms with Crippen molar-refractivity contribution in [3.63, 3.8) is 0 Å². The number of hydrogen-bond acceptors (Lipinski definition) is 4. The van der Waals surface area contributed by atoms with Crippen LogP contribution in [0.15, 0.2) is 59.7 Å². The van der Waals surface area contributed by atoms with Gasteiger partial charge in [-0.1, -0.05) is 18.2 Å². The highest BCUT2D eigenvalue weighted by Crippen LogP contribution is 2.31. The number of para-hydroxylation sites is 1. The van der Waals surface area contributed by atoms with Crippen molar-refractivity contribution >= 4 is 11.0 Å². The molecule has 5 nitrogen and oxygen atoms in total. The molecule has 0 spiro atoms. The summed E-state index contributed by atoms with van der Waals surface area (Å²) in [5, 5.41) is 8.75. The van der Waals surface area contributed by atoms with E-state index in [0.717, 1.165) is 33.7 Å². The molecule has 0 amide bonds. The van der Waals surface area contributed by atoms with Crippen LogP contribution in [0, 0.1) is 6.92 Å². The quantitative estimate of drug-likeness (QED) is 0.563. The Labute approximate surface area is 120 Å². The van der Waals surface area contributed by atoms with Gasteiger partial charge in [0.1, 0.15) is 29.8 Å². The smallest absolute Gasteiger partial charge is 0.150 e. The zero-order valence-corrected chi connectivity index (χ0v) is 11.4. The fourth-order valence-electron chi connectivity index (χ4n) is 2.37. The first-order chi connectivity index (χ1) is 10.3. The monoisotopic (exact) mass is 276 g/mol. The zero-order chi connectivity index (χ0) is 14.2. The van der Waals surface area contributed by atoms with Gasteiger partial charge in [0.05, 0.1) is 5.56 Å². The molecule has 0 unspecified atom stereocenters. The van der Waals surface area contributed by atoms with Gasteiger partial charge in [-0.15, -0.1) is 10.2 Å².